The molecule has 0 radical (unpaired) electrons. The summed E-state index contributed by atoms with van der Waals surface area (Å²) < 4.78 is 2.22. The number of nitrogens with zero attached hydrogens (tertiary/aromatic N) is 2. The largest absolute Gasteiger partial charge is 0.341 e. The first kappa shape index (κ1) is 19.6. The number of carbonyl (C=O) groups excluding carboxylic acids is 2. The highest BCUT2D eigenvalue weighted by Crippen LogP contribution is 2.31. The topological polar surface area (TPSA) is 60.7 Å². The van der Waals surface area contributed by atoms with E-state index in [0.717, 1.165) is 39.5 Å². The van der Waals surface area contributed by atoms with Gasteiger partial charge in [0.1, 0.15) is 0 Å². The zero-order valence-corrected chi connectivity index (χ0v) is 17.2. The van der Waals surface area contributed by atoms with Crippen molar-refractivity contribution < 1.29 is 14.4 Å². The van der Waals surface area contributed by atoms with E-state index in [1.165, 1.54) is 13.1 Å². The number of fused-ring (bicyclic) bond motifs is 3. The van der Waals surface area contributed by atoms with Crippen molar-refractivity contribution in [3.05, 3.63) is 82.9 Å². The monoisotopic (exact) mass is 398 g/mol. The van der Waals surface area contributed by atoms with Gasteiger partial charge in [0.15, 0.2) is 5.78 Å². The lowest BCUT2D eigenvalue weighted by Gasteiger charge is -2.06. The number of aryl methyl sites for hydroxylation is 2. The summed E-state index contributed by atoms with van der Waals surface area (Å²) in [7, 11) is 0. The third kappa shape index (κ3) is 3.50. The van der Waals surface area contributed by atoms with Gasteiger partial charge in [-0.2, -0.15) is 0 Å². The molecule has 0 saturated carbocycles. The van der Waals surface area contributed by atoms with Gasteiger partial charge in [-0.3, -0.25) is 4.79 Å². The lowest BCUT2D eigenvalue weighted by atomic mass is 9.98. The molecule has 5 nitrogen and oxygen atoms in total. The molecule has 0 aliphatic heterocycles. The summed E-state index contributed by atoms with van der Waals surface area (Å²) in [5, 5.41) is 5.75. The van der Waals surface area contributed by atoms with Crippen molar-refractivity contribution >= 4 is 39.8 Å². The molecule has 4 rings (SSSR count). The Labute approximate surface area is 174 Å². The number of carbonyl (C=O) groups is 2. The predicted molar refractivity (Wildman–Crippen MR) is 119 cm³/mol. The smallest absolute Gasteiger partial charge is 0.331 e. The van der Waals surface area contributed by atoms with Gasteiger partial charge in [-0.25, -0.2) is 4.79 Å². The first-order chi connectivity index (χ1) is 14.5. The van der Waals surface area contributed by atoms with Gasteiger partial charge < -0.3 is 9.40 Å². The Balaban J connectivity index is 1.86. The van der Waals surface area contributed by atoms with Crippen molar-refractivity contribution in [1.29, 1.82) is 0 Å². The molecular weight excluding hydrogens is 376 g/mol. The van der Waals surface area contributed by atoms with Crippen molar-refractivity contribution in [3.8, 4) is 0 Å². The number of hydrogen-bond acceptors (Lipinski definition) is 4. The molecule has 0 saturated heterocycles. The maximum Gasteiger partial charge on any atom is 0.331 e. The van der Waals surface area contributed by atoms with Crippen LogP contribution in [0, 0.1) is 6.92 Å². The van der Waals surface area contributed by atoms with Crippen LogP contribution in [0.15, 0.2) is 65.8 Å². The molecular formula is C25H22N2O3. The first-order valence-corrected chi connectivity index (χ1v) is 9.87. The van der Waals surface area contributed by atoms with Crippen molar-refractivity contribution in [2.75, 3.05) is 0 Å². The number of oxime groups is 1. The molecule has 1 heterocycles. The quantitative estimate of drug-likeness (QED) is 0.200. The fourth-order valence-electron chi connectivity index (χ4n) is 3.83. The minimum atomic E-state index is -0.464. The lowest BCUT2D eigenvalue weighted by Crippen LogP contribution is -2.03. The Bertz CT molecular complexity index is 1310. The van der Waals surface area contributed by atoms with E-state index >= 15 is 0 Å². The molecule has 0 unspecified atom stereocenters. The number of aromatic nitrogens is 1. The van der Waals surface area contributed by atoms with Crippen LogP contribution in [0.2, 0.25) is 0 Å². The second-order valence-electron chi connectivity index (χ2n) is 7.21. The van der Waals surface area contributed by atoms with E-state index in [9.17, 15) is 9.59 Å². The fourth-order valence-corrected chi connectivity index (χ4v) is 3.83. The summed E-state index contributed by atoms with van der Waals surface area (Å²) in [6.45, 7) is 6.17. The molecule has 5 heteroatoms. The van der Waals surface area contributed by atoms with Crippen LogP contribution in [0.25, 0.3) is 21.8 Å². The van der Waals surface area contributed by atoms with Gasteiger partial charge in [0, 0.05) is 46.4 Å². The van der Waals surface area contributed by atoms with E-state index in [0.29, 0.717) is 11.1 Å². The first-order valence-electron chi connectivity index (χ1n) is 9.87. The summed E-state index contributed by atoms with van der Waals surface area (Å²) in [5.74, 6) is -0.450. The van der Waals surface area contributed by atoms with Gasteiger partial charge in [0.2, 0.25) is 0 Å². The number of rotatable bonds is 5. The maximum atomic E-state index is 13.1. The van der Waals surface area contributed by atoms with Crippen LogP contribution in [0.5, 0.6) is 0 Å². The molecule has 30 heavy (non-hydrogen) atoms. The highest BCUT2D eigenvalue weighted by Gasteiger charge is 2.15. The normalized spacial score (nSPS) is 11.4. The molecule has 0 atom stereocenters. The SMILES string of the molecule is CCn1c2ccc(C=NOC(C)=O)cc2c2cc(C(=O)c3ccccc3C)ccc21. The number of benzene rings is 3. The molecule has 0 spiro atoms. The Morgan fingerprint density at radius 1 is 1.00 bits per heavy atom. The average Bonchev–Trinajstić information content (AvgIpc) is 3.05. The molecule has 0 aliphatic carbocycles. The molecule has 4 aromatic rings. The summed E-state index contributed by atoms with van der Waals surface area (Å²) in [5.41, 5.74) is 5.30. The molecule has 1 aromatic heterocycles. The van der Waals surface area contributed by atoms with Crippen LogP contribution < -0.4 is 0 Å². The Morgan fingerprint density at radius 3 is 2.40 bits per heavy atom. The zero-order valence-electron chi connectivity index (χ0n) is 17.2. The molecule has 0 N–H and O–H groups in total. The molecule has 0 amide bonds. The van der Waals surface area contributed by atoms with E-state index in [1.807, 2.05) is 67.6 Å². The molecule has 0 aliphatic rings. The van der Waals surface area contributed by atoms with Gasteiger partial charge in [-0.05, 0) is 55.3 Å². The zero-order chi connectivity index (χ0) is 21.3. The van der Waals surface area contributed by atoms with Crippen LogP contribution >= 0.6 is 0 Å². The van der Waals surface area contributed by atoms with Gasteiger partial charge in [-0.15, -0.1) is 0 Å². The van der Waals surface area contributed by atoms with Crippen molar-refractivity contribution in [1.82, 2.24) is 4.57 Å². The minimum absolute atomic E-state index is 0.0139. The summed E-state index contributed by atoms with van der Waals surface area (Å²) in [6.07, 6.45) is 1.51. The van der Waals surface area contributed by atoms with Crippen molar-refractivity contribution in [2.45, 2.75) is 27.3 Å². The average molecular weight is 398 g/mol. The van der Waals surface area contributed by atoms with Crippen molar-refractivity contribution in [2.24, 2.45) is 5.16 Å². The van der Waals surface area contributed by atoms with Crippen molar-refractivity contribution in [3.63, 3.8) is 0 Å². The van der Waals surface area contributed by atoms with E-state index in [2.05, 4.69) is 21.5 Å². The van der Waals surface area contributed by atoms with Crippen LogP contribution in [0.4, 0.5) is 0 Å². The standard InChI is InChI=1S/C25H22N2O3/c1-4-27-23-11-9-18(15-26-30-17(3)28)13-21(23)22-14-19(10-12-24(22)27)25(29)20-8-6-5-7-16(20)2/h5-15H,4H2,1-3H3. The molecule has 150 valence electrons. The van der Waals surface area contributed by atoms with Gasteiger partial charge in [0.25, 0.3) is 0 Å². The summed E-state index contributed by atoms with van der Waals surface area (Å²) in [6, 6.07) is 19.5. The van der Waals surface area contributed by atoms with Gasteiger partial charge in [-0.1, -0.05) is 35.5 Å². The molecule has 0 bridgehead atoms. The second-order valence-corrected chi connectivity index (χ2v) is 7.21. The summed E-state index contributed by atoms with van der Waals surface area (Å²) >= 11 is 0. The Morgan fingerprint density at radius 2 is 1.70 bits per heavy atom. The van der Waals surface area contributed by atoms with Crippen LogP contribution in [0.3, 0.4) is 0 Å². The van der Waals surface area contributed by atoms with Gasteiger partial charge in [0.05, 0.1) is 6.21 Å². The van der Waals surface area contributed by atoms with E-state index in [-0.39, 0.29) is 5.78 Å². The third-order valence-electron chi connectivity index (χ3n) is 5.24. The lowest BCUT2D eigenvalue weighted by molar-refractivity contribution is -0.140. The van der Waals surface area contributed by atoms with E-state index < -0.39 is 5.97 Å². The van der Waals surface area contributed by atoms with Crippen LogP contribution in [-0.4, -0.2) is 22.5 Å². The Kier molecular flexibility index (Phi) is 5.19. The van der Waals surface area contributed by atoms with E-state index in [1.54, 1.807) is 0 Å². The molecule has 3 aromatic carbocycles. The Hall–Kier alpha value is -3.73. The van der Waals surface area contributed by atoms with E-state index in [4.69, 9.17) is 0 Å². The fraction of sp³-hybridized carbons (Fsp3) is 0.160. The molecule has 0 fully saturated rings. The van der Waals surface area contributed by atoms with Crippen LogP contribution in [0.1, 0.15) is 40.9 Å². The van der Waals surface area contributed by atoms with Crippen LogP contribution in [-0.2, 0) is 16.2 Å². The number of ketones is 1. The number of hydrogen-bond donors (Lipinski definition) is 0. The summed E-state index contributed by atoms with van der Waals surface area (Å²) in [4.78, 5) is 28.7. The maximum absolute atomic E-state index is 13.1. The third-order valence-corrected chi connectivity index (χ3v) is 5.24. The van der Waals surface area contributed by atoms with Gasteiger partial charge >= 0.3 is 5.97 Å². The predicted octanol–water partition coefficient (Wildman–Crippen LogP) is 5.25. The highest BCUT2D eigenvalue weighted by molar-refractivity contribution is 6.15. The second kappa shape index (κ2) is 7.95. The highest BCUT2D eigenvalue weighted by atomic mass is 16.7. The minimum Gasteiger partial charge on any atom is -0.341 e.